The summed E-state index contributed by atoms with van der Waals surface area (Å²) in [5, 5.41) is 11.3. The molecule has 8 heteroatoms. The fourth-order valence-corrected chi connectivity index (χ4v) is 3.25. The maximum atomic E-state index is 13.0. The zero-order valence-corrected chi connectivity index (χ0v) is 16.2. The van der Waals surface area contributed by atoms with Crippen molar-refractivity contribution in [1.82, 2.24) is 15.5 Å². The molecule has 1 N–H and O–H groups in total. The van der Waals surface area contributed by atoms with Crippen LogP contribution in [0.5, 0.6) is 0 Å². The molecule has 2 atom stereocenters. The van der Waals surface area contributed by atoms with Gasteiger partial charge in [-0.25, -0.2) is 4.39 Å². The van der Waals surface area contributed by atoms with Gasteiger partial charge in [-0.3, -0.25) is 4.79 Å². The highest BCUT2D eigenvalue weighted by atomic mass is 35.5. The Morgan fingerprint density at radius 1 is 1.19 bits per heavy atom. The second-order valence-corrected chi connectivity index (χ2v) is 7.65. The number of carbonyl (C=O) groups is 1. The first-order valence-corrected chi connectivity index (χ1v) is 9.50. The molecule has 5 nitrogen and oxygen atoms in total. The topological polar surface area (TPSA) is 68.0 Å². The Bertz CT molecular complexity index is 933. The molecular formula is C19H17ClFN3O2S. The number of thioether (sulfide) groups is 1. The largest absolute Gasteiger partial charge is 0.411 e. The minimum Gasteiger partial charge on any atom is -0.411 e. The number of hydrogen-bond acceptors (Lipinski definition) is 5. The Morgan fingerprint density at radius 2 is 1.93 bits per heavy atom. The molecule has 1 amide bonds. The van der Waals surface area contributed by atoms with Gasteiger partial charge in [0.2, 0.25) is 11.8 Å². The summed E-state index contributed by atoms with van der Waals surface area (Å²) in [6.07, 6.45) is 0. The maximum absolute atomic E-state index is 13.0. The van der Waals surface area contributed by atoms with E-state index in [-0.39, 0.29) is 17.8 Å². The highest BCUT2D eigenvalue weighted by Crippen LogP contribution is 2.27. The number of aromatic nitrogens is 2. The zero-order valence-electron chi connectivity index (χ0n) is 14.6. The van der Waals surface area contributed by atoms with Crippen molar-refractivity contribution in [2.75, 3.05) is 0 Å². The fourth-order valence-electron chi connectivity index (χ4n) is 2.37. The van der Waals surface area contributed by atoms with E-state index in [0.29, 0.717) is 21.7 Å². The number of nitrogens with zero attached hydrogens (tertiary/aromatic N) is 2. The molecule has 0 aliphatic rings. The van der Waals surface area contributed by atoms with E-state index in [1.807, 2.05) is 13.0 Å². The molecular weight excluding hydrogens is 389 g/mol. The van der Waals surface area contributed by atoms with E-state index in [1.54, 1.807) is 37.3 Å². The summed E-state index contributed by atoms with van der Waals surface area (Å²) in [6, 6.07) is 12.9. The summed E-state index contributed by atoms with van der Waals surface area (Å²) in [5.74, 6) is -0.153. The minimum atomic E-state index is -0.444. The van der Waals surface area contributed by atoms with Gasteiger partial charge in [0.25, 0.3) is 5.22 Å². The van der Waals surface area contributed by atoms with Gasteiger partial charge in [0.1, 0.15) is 5.82 Å². The number of amides is 1. The molecule has 0 bridgehead atoms. The fraction of sp³-hybridized carbons (Fsp3) is 0.211. The van der Waals surface area contributed by atoms with E-state index in [4.69, 9.17) is 16.0 Å². The number of rotatable bonds is 6. The molecule has 0 fully saturated rings. The van der Waals surface area contributed by atoms with Gasteiger partial charge in [-0.05, 0) is 49.7 Å². The molecule has 1 aromatic heterocycles. The summed E-state index contributed by atoms with van der Waals surface area (Å²) in [4.78, 5) is 12.4. The van der Waals surface area contributed by atoms with Crippen LogP contribution >= 0.6 is 23.4 Å². The molecule has 0 saturated heterocycles. The first-order chi connectivity index (χ1) is 12.9. The molecule has 0 aliphatic heterocycles. The SMILES string of the molecule is C[C@@H](Sc1nnc(-c2cccc(Cl)c2)o1)C(=O)N[C@H](C)c1ccc(F)cc1. The molecule has 140 valence electrons. The second-order valence-electron chi connectivity index (χ2n) is 5.93. The normalized spacial score (nSPS) is 13.2. The van der Waals surface area contributed by atoms with Crippen LogP contribution in [-0.4, -0.2) is 21.4 Å². The lowest BCUT2D eigenvalue weighted by atomic mass is 10.1. The van der Waals surface area contributed by atoms with Crippen LogP contribution in [0, 0.1) is 5.82 Å². The average Bonchev–Trinajstić information content (AvgIpc) is 3.10. The Kier molecular flexibility index (Phi) is 6.13. The van der Waals surface area contributed by atoms with Crippen molar-refractivity contribution >= 4 is 29.3 Å². The van der Waals surface area contributed by atoms with Crippen LogP contribution in [0.2, 0.25) is 5.02 Å². The predicted octanol–water partition coefficient (Wildman–Crippen LogP) is 4.89. The maximum Gasteiger partial charge on any atom is 0.277 e. The lowest BCUT2D eigenvalue weighted by molar-refractivity contribution is -0.120. The second kappa shape index (κ2) is 8.54. The van der Waals surface area contributed by atoms with Gasteiger partial charge in [-0.1, -0.05) is 41.6 Å². The summed E-state index contributed by atoms with van der Waals surface area (Å²) in [5.41, 5.74) is 1.53. The molecule has 0 radical (unpaired) electrons. The molecule has 0 spiro atoms. The van der Waals surface area contributed by atoms with E-state index in [2.05, 4.69) is 15.5 Å². The Hall–Kier alpha value is -2.38. The van der Waals surface area contributed by atoms with Crippen LogP contribution in [0.15, 0.2) is 58.2 Å². The van der Waals surface area contributed by atoms with Gasteiger partial charge in [-0.2, -0.15) is 0 Å². The molecule has 3 rings (SSSR count). The summed E-state index contributed by atoms with van der Waals surface area (Å²) in [7, 11) is 0. The van der Waals surface area contributed by atoms with Crippen LogP contribution < -0.4 is 5.32 Å². The van der Waals surface area contributed by atoms with E-state index in [0.717, 1.165) is 5.56 Å². The van der Waals surface area contributed by atoms with E-state index < -0.39 is 5.25 Å². The molecule has 2 aromatic carbocycles. The van der Waals surface area contributed by atoms with Crippen molar-refractivity contribution in [3.63, 3.8) is 0 Å². The number of benzene rings is 2. The molecule has 27 heavy (non-hydrogen) atoms. The van der Waals surface area contributed by atoms with Crippen LogP contribution in [0.4, 0.5) is 4.39 Å². The average molecular weight is 406 g/mol. The lowest BCUT2D eigenvalue weighted by Gasteiger charge is -2.16. The summed E-state index contributed by atoms with van der Waals surface area (Å²) >= 11 is 7.13. The van der Waals surface area contributed by atoms with Gasteiger partial charge in [0.05, 0.1) is 11.3 Å². The quantitative estimate of drug-likeness (QED) is 0.591. The van der Waals surface area contributed by atoms with Crippen molar-refractivity contribution in [2.24, 2.45) is 0 Å². The molecule has 1 heterocycles. The van der Waals surface area contributed by atoms with Gasteiger partial charge >= 0.3 is 0 Å². The van der Waals surface area contributed by atoms with Crippen LogP contribution in [0.1, 0.15) is 25.5 Å². The third kappa shape index (κ3) is 5.08. The summed E-state index contributed by atoms with van der Waals surface area (Å²) in [6.45, 7) is 3.59. The monoisotopic (exact) mass is 405 g/mol. The standard InChI is InChI=1S/C19H17ClFN3O2S/c1-11(13-6-8-16(21)9-7-13)22-17(25)12(2)27-19-24-23-18(26-19)14-4-3-5-15(20)10-14/h3-12H,1-2H3,(H,22,25)/t11-,12-/m1/s1. The van der Waals surface area contributed by atoms with Crippen LogP contribution in [0.25, 0.3) is 11.5 Å². The molecule has 0 unspecified atom stereocenters. The minimum absolute atomic E-state index is 0.181. The third-order valence-electron chi connectivity index (χ3n) is 3.85. The molecule has 0 aliphatic carbocycles. The van der Waals surface area contributed by atoms with Crippen molar-refractivity contribution < 1.29 is 13.6 Å². The van der Waals surface area contributed by atoms with Gasteiger partial charge in [0.15, 0.2) is 0 Å². The highest BCUT2D eigenvalue weighted by Gasteiger charge is 2.20. The van der Waals surface area contributed by atoms with Crippen molar-refractivity contribution in [3.05, 3.63) is 64.9 Å². The highest BCUT2D eigenvalue weighted by molar-refractivity contribution is 8.00. The molecule has 3 aromatic rings. The first kappa shape index (κ1) is 19.4. The Morgan fingerprint density at radius 3 is 2.63 bits per heavy atom. The number of hydrogen-bond donors (Lipinski definition) is 1. The van der Waals surface area contributed by atoms with Crippen molar-refractivity contribution in [3.8, 4) is 11.5 Å². The van der Waals surface area contributed by atoms with Crippen LogP contribution in [-0.2, 0) is 4.79 Å². The van der Waals surface area contributed by atoms with Gasteiger partial charge in [0, 0.05) is 10.6 Å². The van der Waals surface area contributed by atoms with Crippen molar-refractivity contribution in [1.29, 1.82) is 0 Å². The zero-order chi connectivity index (χ0) is 19.4. The van der Waals surface area contributed by atoms with E-state index >= 15 is 0 Å². The van der Waals surface area contributed by atoms with E-state index in [9.17, 15) is 9.18 Å². The number of nitrogens with one attached hydrogen (secondary N) is 1. The smallest absolute Gasteiger partial charge is 0.277 e. The van der Waals surface area contributed by atoms with Gasteiger partial charge < -0.3 is 9.73 Å². The number of carbonyl (C=O) groups excluding carboxylic acids is 1. The Balaban J connectivity index is 1.60. The van der Waals surface area contributed by atoms with Gasteiger partial charge in [-0.15, -0.1) is 10.2 Å². The molecule has 0 saturated carbocycles. The lowest BCUT2D eigenvalue weighted by Crippen LogP contribution is -2.33. The van der Waals surface area contributed by atoms with Crippen LogP contribution in [0.3, 0.4) is 0 Å². The third-order valence-corrected chi connectivity index (χ3v) is 5.02. The Labute approximate surface area is 165 Å². The summed E-state index contributed by atoms with van der Waals surface area (Å²) < 4.78 is 18.6. The number of halogens is 2. The predicted molar refractivity (Wildman–Crippen MR) is 103 cm³/mol. The first-order valence-electron chi connectivity index (χ1n) is 8.24. The van der Waals surface area contributed by atoms with E-state index in [1.165, 1.54) is 23.9 Å². The van der Waals surface area contributed by atoms with Crippen molar-refractivity contribution in [2.45, 2.75) is 30.4 Å².